The Balaban J connectivity index is 0.00000144. The number of halogens is 3. The fourth-order valence-electron chi connectivity index (χ4n) is 1.37. The number of hydrogen-bond acceptors (Lipinski definition) is 3. The van der Waals surface area contributed by atoms with Crippen LogP contribution in [0.3, 0.4) is 0 Å². The highest BCUT2D eigenvalue weighted by Crippen LogP contribution is 2.30. The minimum Gasteiger partial charge on any atom is -0.252 e. The molecule has 1 heterocycles. The van der Waals surface area contributed by atoms with Crippen molar-refractivity contribution in [2.24, 2.45) is 0 Å². The van der Waals surface area contributed by atoms with Crippen molar-refractivity contribution >= 4 is 48.2 Å². The van der Waals surface area contributed by atoms with E-state index in [1.54, 1.807) is 23.1 Å². The van der Waals surface area contributed by atoms with Crippen LogP contribution in [0.25, 0.3) is 0 Å². The van der Waals surface area contributed by atoms with Gasteiger partial charge in [0.05, 0.1) is 6.54 Å². The number of hydrogen-bond donors (Lipinski definition) is 1. The van der Waals surface area contributed by atoms with Gasteiger partial charge in [0.15, 0.2) is 0 Å². The van der Waals surface area contributed by atoms with Crippen molar-refractivity contribution in [3.05, 3.63) is 46.5 Å². The summed E-state index contributed by atoms with van der Waals surface area (Å²) in [6, 6.07) is 5.38. The van der Waals surface area contributed by atoms with Crippen LogP contribution < -0.4 is 0 Å². The van der Waals surface area contributed by atoms with Gasteiger partial charge in [0.2, 0.25) is 0 Å². The minimum absolute atomic E-state index is 0. The standard InChI is InChI=1S/C10H9Cl2N3S.ClH/c11-7-1-2-8(9(12)3-7)10(16)4-15-6-13-5-14-15;/h1-3,5-6,10,16H,4H2;1H. The molecule has 0 saturated heterocycles. The molecule has 1 unspecified atom stereocenters. The van der Waals surface area contributed by atoms with Crippen molar-refractivity contribution in [3.63, 3.8) is 0 Å². The molecule has 7 heteroatoms. The van der Waals surface area contributed by atoms with Gasteiger partial charge in [-0.3, -0.25) is 4.68 Å². The molecule has 1 aromatic heterocycles. The van der Waals surface area contributed by atoms with Gasteiger partial charge in [0, 0.05) is 15.3 Å². The van der Waals surface area contributed by atoms with E-state index in [4.69, 9.17) is 23.2 Å². The fourth-order valence-corrected chi connectivity index (χ4v) is 2.38. The summed E-state index contributed by atoms with van der Waals surface area (Å²) in [5.41, 5.74) is 0.935. The highest BCUT2D eigenvalue weighted by atomic mass is 35.5. The third-order valence-corrected chi connectivity index (χ3v) is 3.15. The number of benzene rings is 1. The molecule has 0 amide bonds. The molecule has 0 N–H and O–H groups in total. The second-order valence-electron chi connectivity index (χ2n) is 3.30. The molecule has 1 atom stereocenters. The van der Waals surface area contributed by atoms with E-state index < -0.39 is 0 Å². The van der Waals surface area contributed by atoms with Crippen LogP contribution in [-0.2, 0) is 6.54 Å². The van der Waals surface area contributed by atoms with Gasteiger partial charge in [-0.25, -0.2) is 4.98 Å². The maximum absolute atomic E-state index is 6.09. The van der Waals surface area contributed by atoms with E-state index in [-0.39, 0.29) is 17.7 Å². The van der Waals surface area contributed by atoms with E-state index in [2.05, 4.69) is 22.7 Å². The third kappa shape index (κ3) is 3.78. The molecular weight excluding hydrogens is 301 g/mol. The van der Waals surface area contributed by atoms with Crippen molar-refractivity contribution in [1.29, 1.82) is 0 Å². The summed E-state index contributed by atoms with van der Waals surface area (Å²) in [5.74, 6) is 0. The molecule has 3 nitrogen and oxygen atoms in total. The number of rotatable bonds is 3. The average Bonchev–Trinajstić information content (AvgIpc) is 2.70. The van der Waals surface area contributed by atoms with Gasteiger partial charge in [0.25, 0.3) is 0 Å². The second-order valence-corrected chi connectivity index (χ2v) is 4.77. The molecule has 0 aliphatic carbocycles. The Morgan fingerprint density at radius 3 is 2.71 bits per heavy atom. The molecule has 0 radical (unpaired) electrons. The van der Waals surface area contributed by atoms with Crippen LogP contribution in [-0.4, -0.2) is 14.8 Å². The summed E-state index contributed by atoms with van der Waals surface area (Å²) in [4.78, 5) is 3.87. The van der Waals surface area contributed by atoms with Crippen molar-refractivity contribution in [2.45, 2.75) is 11.8 Å². The van der Waals surface area contributed by atoms with Gasteiger partial charge < -0.3 is 0 Å². The molecule has 1 aromatic carbocycles. The Hall–Kier alpha value is -0.420. The Morgan fingerprint density at radius 2 is 2.12 bits per heavy atom. The molecule has 17 heavy (non-hydrogen) atoms. The van der Waals surface area contributed by atoms with Gasteiger partial charge in [-0.15, -0.1) is 12.4 Å². The highest BCUT2D eigenvalue weighted by molar-refractivity contribution is 7.80. The van der Waals surface area contributed by atoms with Crippen LogP contribution in [0.2, 0.25) is 10.0 Å². The largest absolute Gasteiger partial charge is 0.252 e. The molecule has 0 spiro atoms. The molecule has 2 aromatic rings. The number of nitrogens with zero attached hydrogens (tertiary/aromatic N) is 3. The lowest BCUT2D eigenvalue weighted by atomic mass is 10.1. The molecule has 0 saturated carbocycles. The van der Waals surface area contributed by atoms with Crippen molar-refractivity contribution in [3.8, 4) is 0 Å². The number of aromatic nitrogens is 3. The summed E-state index contributed by atoms with van der Waals surface area (Å²) in [5, 5.41) is 5.22. The molecule has 2 rings (SSSR count). The zero-order valence-electron chi connectivity index (χ0n) is 8.62. The van der Waals surface area contributed by atoms with Gasteiger partial charge >= 0.3 is 0 Å². The van der Waals surface area contributed by atoms with Crippen LogP contribution in [0.1, 0.15) is 10.8 Å². The maximum Gasteiger partial charge on any atom is 0.137 e. The van der Waals surface area contributed by atoms with Gasteiger partial charge in [-0.2, -0.15) is 17.7 Å². The molecule has 0 aliphatic rings. The van der Waals surface area contributed by atoms with E-state index in [9.17, 15) is 0 Å². The first-order valence-electron chi connectivity index (χ1n) is 4.62. The van der Waals surface area contributed by atoms with Crippen molar-refractivity contribution < 1.29 is 0 Å². The van der Waals surface area contributed by atoms with Gasteiger partial charge in [0.1, 0.15) is 12.7 Å². The summed E-state index contributed by atoms with van der Waals surface area (Å²) < 4.78 is 1.71. The summed E-state index contributed by atoms with van der Waals surface area (Å²) in [6.07, 6.45) is 3.14. The molecule has 92 valence electrons. The van der Waals surface area contributed by atoms with E-state index in [0.717, 1.165) is 5.56 Å². The van der Waals surface area contributed by atoms with E-state index >= 15 is 0 Å². The smallest absolute Gasteiger partial charge is 0.137 e. The zero-order chi connectivity index (χ0) is 11.5. The molecule has 0 bridgehead atoms. The van der Waals surface area contributed by atoms with Crippen LogP contribution in [0.15, 0.2) is 30.9 Å². The van der Waals surface area contributed by atoms with Gasteiger partial charge in [-0.05, 0) is 17.7 Å². The van der Waals surface area contributed by atoms with E-state index in [1.807, 2.05) is 6.07 Å². The third-order valence-electron chi connectivity index (χ3n) is 2.15. The lowest BCUT2D eigenvalue weighted by molar-refractivity contribution is 0.607. The van der Waals surface area contributed by atoms with Crippen LogP contribution in [0, 0.1) is 0 Å². The fraction of sp³-hybridized carbons (Fsp3) is 0.200. The predicted octanol–water partition coefficient (Wildman–Crippen LogP) is 3.68. The van der Waals surface area contributed by atoms with E-state index in [1.165, 1.54) is 6.33 Å². The summed E-state index contributed by atoms with van der Waals surface area (Å²) in [7, 11) is 0. The monoisotopic (exact) mass is 309 g/mol. The normalized spacial score (nSPS) is 11.9. The SMILES string of the molecule is Cl.SC(Cn1cncn1)c1ccc(Cl)cc1Cl. The molecular formula is C10H10Cl3N3S. The Bertz CT molecular complexity index is 476. The zero-order valence-corrected chi connectivity index (χ0v) is 11.8. The predicted molar refractivity (Wildman–Crippen MR) is 75.5 cm³/mol. The van der Waals surface area contributed by atoms with E-state index in [0.29, 0.717) is 16.6 Å². The first-order valence-corrected chi connectivity index (χ1v) is 5.89. The Morgan fingerprint density at radius 1 is 1.35 bits per heavy atom. The van der Waals surface area contributed by atoms with Crippen molar-refractivity contribution in [2.75, 3.05) is 0 Å². The van der Waals surface area contributed by atoms with Crippen LogP contribution >= 0.6 is 48.2 Å². The average molecular weight is 311 g/mol. The summed E-state index contributed by atoms with van der Waals surface area (Å²) >= 11 is 16.4. The Kier molecular flexibility index (Phi) is 5.59. The summed E-state index contributed by atoms with van der Waals surface area (Å²) in [6.45, 7) is 0.616. The second kappa shape index (κ2) is 6.50. The highest BCUT2D eigenvalue weighted by Gasteiger charge is 2.11. The van der Waals surface area contributed by atoms with Crippen LogP contribution in [0.5, 0.6) is 0 Å². The Labute approximate surface area is 121 Å². The van der Waals surface area contributed by atoms with Gasteiger partial charge in [-0.1, -0.05) is 29.3 Å². The first-order chi connectivity index (χ1) is 7.66. The quantitative estimate of drug-likeness (QED) is 0.877. The lowest BCUT2D eigenvalue weighted by Gasteiger charge is -2.12. The molecule has 0 fully saturated rings. The van der Waals surface area contributed by atoms with Crippen molar-refractivity contribution in [1.82, 2.24) is 14.8 Å². The topological polar surface area (TPSA) is 30.7 Å². The molecule has 0 aliphatic heterocycles. The minimum atomic E-state index is -0.0357. The lowest BCUT2D eigenvalue weighted by Crippen LogP contribution is -2.05. The maximum atomic E-state index is 6.09. The first kappa shape index (κ1) is 14.6. The van der Waals surface area contributed by atoms with Crippen LogP contribution in [0.4, 0.5) is 0 Å². The number of thiol groups is 1.